The van der Waals surface area contributed by atoms with Gasteiger partial charge in [-0.2, -0.15) is 0 Å². The summed E-state index contributed by atoms with van der Waals surface area (Å²) in [4.78, 5) is 15.1. The maximum Gasteiger partial charge on any atom is 0.250 e. The predicted molar refractivity (Wildman–Crippen MR) is 118 cm³/mol. The third-order valence-electron chi connectivity index (χ3n) is 5.58. The van der Waals surface area contributed by atoms with Gasteiger partial charge in [0.25, 0.3) is 5.56 Å². The lowest BCUT2D eigenvalue weighted by Gasteiger charge is -2.11. The van der Waals surface area contributed by atoms with Gasteiger partial charge in [-0.1, -0.05) is 59.8 Å². The second-order valence-electron chi connectivity index (χ2n) is 7.32. The zero-order valence-electron chi connectivity index (χ0n) is 16.0. The molecule has 3 aromatic heterocycles. The van der Waals surface area contributed by atoms with Gasteiger partial charge in [-0.25, -0.2) is 4.68 Å². The lowest BCUT2D eigenvalue weighted by atomic mass is 10.2. The highest BCUT2D eigenvalue weighted by Gasteiger charge is 2.15. The van der Waals surface area contributed by atoms with Gasteiger partial charge >= 0.3 is 0 Å². The van der Waals surface area contributed by atoms with Crippen molar-refractivity contribution in [2.75, 3.05) is 0 Å². The molecule has 0 fully saturated rings. The van der Waals surface area contributed by atoms with E-state index in [4.69, 9.17) is 0 Å². The minimum atomic E-state index is -0.165. The van der Waals surface area contributed by atoms with Crippen LogP contribution in [0, 0.1) is 0 Å². The summed E-state index contributed by atoms with van der Waals surface area (Å²) in [6.45, 7) is 0.585. The first-order valence-corrected chi connectivity index (χ1v) is 9.77. The van der Waals surface area contributed by atoms with Gasteiger partial charge in [0.2, 0.25) is 0 Å². The average molecular weight is 391 g/mol. The van der Waals surface area contributed by atoms with Gasteiger partial charge in [0.05, 0.1) is 29.6 Å². The largest absolute Gasteiger partial charge is 0.334 e. The number of nitrogens with zero attached hydrogens (tertiary/aromatic N) is 4. The number of aromatic amines is 1. The van der Waals surface area contributed by atoms with Crippen LogP contribution in [0.15, 0.2) is 89.9 Å². The molecule has 144 valence electrons. The molecule has 3 heterocycles. The van der Waals surface area contributed by atoms with Gasteiger partial charge in [-0.3, -0.25) is 4.79 Å². The number of H-pyrrole nitrogens is 1. The summed E-state index contributed by atoms with van der Waals surface area (Å²) in [6, 6.07) is 26.1. The lowest BCUT2D eigenvalue weighted by molar-refractivity contribution is 0.732. The summed E-state index contributed by atoms with van der Waals surface area (Å²) >= 11 is 0. The maximum atomic E-state index is 12.3. The molecule has 30 heavy (non-hydrogen) atoms. The molecular weight excluding hydrogens is 374 g/mol. The van der Waals surface area contributed by atoms with Crippen molar-refractivity contribution in [1.29, 1.82) is 0 Å². The SMILES string of the molecule is O=c1cc(-n2nncc2Cn2c3ccccc3c3ccccc32)c2ccccc2[nH]1. The summed E-state index contributed by atoms with van der Waals surface area (Å²) in [7, 11) is 0. The molecule has 0 aliphatic carbocycles. The van der Waals surface area contributed by atoms with E-state index >= 15 is 0 Å². The third kappa shape index (κ3) is 2.47. The van der Waals surface area contributed by atoms with E-state index in [1.807, 2.05) is 24.3 Å². The Labute approximate surface area is 171 Å². The second-order valence-corrected chi connectivity index (χ2v) is 7.32. The Hall–Kier alpha value is -4.19. The van der Waals surface area contributed by atoms with E-state index in [2.05, 4.69) is 68.4 Å². The number of hydrogen-bond acceptors (Lipinski definition) is 3. The van der Waals surface area contributed by atoms with Crippen molar-refractivity contribution in [3.8, 4) is 5.69 Å². The zero-order chi connectivity index (χ0) is 20.1. The van der Waals surface area contributed by atoms with Crippen LogP contribution < -0.4 is 5.56 Å². The molecule has 6 rings (SSSR count). The standard InChI is InChI=1S/C24H17N5O/c30-24-13-23(19-9-1-4-10-20(19)26-24)29-16(14-25-27-29)15-28-21-11-5-2-7-17(21)18-8-3-6-12-22(18)28/h1-14H,15H2,(H,26,30). The van der Waals surface area contributed by atoms with Crippen molar-refractivity contribution in [1.82, 2.24) is 24.5 Å². The Bertz CT molecular complexity index is 1550. The number of fused-ring (bicyclic) bond motifs is 4. The molecule has 3 aromatic carbocycles. The van der Waals surface area contributed by atoms with Gasteiger partial charge < -0.3 is 9.55 Å². The number of para-hydroxylation sites is 3. The summed E-state index contributed by atoms with van der Waals surface area (Å²) in [5.74, 6) is 0. The van der Waals surface area contributed by atoms with Crippen LogP contribution in [0.5, 0.6) is 0 Å². The molecule has 0 aliphatic heterocycles. The molecule has 0 unspecified atom stereocenters. The fourth-order valence-electron chi connectivity index (χ4n) is 4.26. The van der Waals surface area contributed by atoms with Crippen molar-refractivity contribution >= 4 is 32.7 Å². The molecule has 6 nitrogen and oxygen atoms in total. The molecule has 6 aromatic rings. The third-order valence-corrected chi connectivity index (χ3v) is 5.58. The molecule has 1 N–H and O–H groups in total. The van der Waals surface area contributed by atoms with Gasteiger partial charge in [0, 0.05) is 33.3 Å². The first-order chi connectivity index (χ1) is 14.8. The quantitative estimate of drug-likeness (QED) is 0.490. The lowest BCUT2D eigenvalue weighted by Crippen LogP contribution is -2.12. The molecule has 0 spiro atoms. The number of nitrogens with one attached hydrogen (secondary N) is 1. The Kier molecular flexibility index (Phi) is 3.58. The highest BCUT2D eigenvalue weighted by atomic mass is 16.1. The Morgan fingerprint density at radius 1 is 0.800 bits per heavy atom. The molecular formula is C24H17N5O. The minimum Gasteiger partial charge on any atom is -0.334 e. The number of rotatable bonds is 3. The summed E-state index contributed by atoms with van der Waals surface area (Å²) in [6.07, 6.45) is 1.76. The number of benzene rings is 3. The Balaban J connectivity index is 1.57. The smallest absolute Gasteiger partial charge is 0.250 e. The zero-order valence-corrected chi connectivity index (χ0v) is 16.0. The van der Waals surface area contributed by atoms with Crippen LogP contribution in [0.25, 0.3) is 38.4 Å². The molecule has 0 radical (unpaired) electrons. The molecule has 6 heteroatoms. The highest BCUT2D eigenvalue weighted by Crippen LogP contribution is 2.30. The van der Waals surface area contributed by atoms with Crippen molar-refractivity contribution < 1.29 is 0 Å². The average Bonchev–Trinajstić information content (AvgIpc) is 3.37. The van der Waals surface area contributed by atoms with Gasteiger partial charge in [-0.15, -0.1) is 5.10 Å². The Morgan fingerprint density at radius 3 is 2.17 bits per heavy atom. The molecule has 0 bridgehead atoms. The number of aromatic nitrogens is 5. The fourth-order valence-corrected chi connectivity index (χ4v) is 4.26. The number of pyridine rings is 1. The van der Waals surface area contributed by atoms with E-state index in [1.54, 1.807) is 16.9 Å². The fraction of sp³-hybridized carbons (Fsp3) is 0.0417. The van der Waals surface area contributed by atoms with Gasteiger partial charge in [-0.05, 0) is 18.2 Å². The van der Waals surface area contributed by atoms with E-state index in [0.29, 0.717) is 6.54 Å². The van der Waals surface area contributed by atoms with E-state index < -0.39 is 0 Å². The first kappa shape index (κ1) is 16.7. The summed E-state index contributed by atoms with van der Waals surface area (Å²) in [5.41, 5.74) is 4.55. The second kappa shape index (κ2) is 6.42. The van der Waals surface area contributed by atoms with E-state index in [9.17, 15) is 4.79 Å². The first-order valence-electron chi connectivity index (χ1n) is 9.77. The number of hydrogen-bond donors (Lipinski definition) is 1. The molecule has 0 saturated heterocycles. The van der Waals surface area contributed by atoms with E-state index in [0.717, 1.165) is 33.3 Å². The van der Waals surface area contributed by atoms with Crippen LogP contribution in [-0.4, -0.2) is 24.5 Å². The minimum absolute atomic E-state index is 0.165. The van der Waals surface area contributed by atoms with Crippen LogP contribution in [0.2, 0.25) is 0 Å². The van der Waals surface area contributed by atoms with Crippen molar-refractivity contribution in [3.05, 3.63) is 101 Å². The van der Waals surface area contributed by atoms with Crippen LogP contribution in [0.4, 0.5) is 0 Å². The van der Waals surface area contributed by atoms with Crippen LogP contribution >= 0.6 is 0 Å². The maximum absolute atomic E-state index is 12.3. The van der Waals surface area contributed by atoms with Crippen LogP contribution in [0.1, 0.15) is 5.69 Å². The molecule has 0 aliphatic rings. The van der Waals surface area contributed by atoms with Crippen molar-refractivity contribution in [3.63, 3.8) is 0 Å². The predicted octanol–water partition coefficient (Wildman–Crippen LogP) is 4.27. The van der Waals surface area contributed by atoms with Crippen molar-refractivity contribution in [2.45, 2.75) is 6.54 Å². The van der Waals surface area contributed by atoms with Gasteiger partial charge in [0.15, 0.2) is 0 Å². The molecule has 0 saturated carbocycles. The topological polar surface area (TPSA) is 68.5 Å². The normalized spacial score (nSPS) is 11.6. The van der Waals surface area contributed by atoms with E-state index in [1.165, 1.54) is 10.8 Å². The summed E-state index contributed by atoms with van der Waals surface area (Å²) < 4.78 is 4.04. The monoisotopic (exact) mass is 391 g/mol. The highest BCUT2D eigenvalue weighted by molar-refractivity contribution is 6.08. The van der Waals surface area contributed by atoms with Gasteiger partial charge in [0.1, 0.15) is 0 Å². The van der Waals surface area contributed by atoms with Crippen molar-refractivity contribution in [2.24, 2.45) is 0 Å². The summed E-state index contributed by atoms with van der Waals surface area (Å²) in [5, 5.41) is 11.8. The van der Waals surface area contributed by atoms with E-state index in [-0.39, 0.29) is 5.56 Å². The molecule has 0 amide bonds. The molecule has 0 atom stereocenters. The van der Waals surface area contributed by atoms with Crippen LogP contribution in [-0.2, 0) is 6.54 Å². The Morgan fingerprint density at radius 2 is 1.43 bits per heavy atom. The van der Waals surface area contributed by atoms with Crippen LogP contribution in [0.3, 0.4) is 0 Å².